The number of amides is 1. The van der Waals surface area contributed by atoms with Gasteiger partial charge in [0, 0.05) is 44.6 Å². The quantitative estimate of drug-likeness (QED) is 0.782. The first-order valence-corrected chi connectivity index (χ1v) is 11.4. The van der Waals surface area contributed by atoms with Crippen molar-refractivity contribution in [3.63, 3.8) is 0 Å². The number of carbonyl (C=O) groups is 1. The fourth-order valence-corrected chi connectivity index (χ4v) is 6.41. The van der Waals surface area contributed by atoms with Crippen LogP contribution in [0.3, 0.4) is 0 Å². The standard InChI is InChI=1S/C17H22N4O3S2/c1-13-15(25-17(18-13)21-5-2-3-6-21)16(22)20-9-7-19(8-10-20)14-4-11-26(23,24)12-14/h2-3,5-6,14H,4,7-12H2,1H3/t14-/m0/s1. The van der Waals surface area contributed by atoms with Crippen LogP contribution in [-0.4, -0.2) is 77.4 Å². The SMILES string of the molecule is Cc1nc(-n2cccc2)sc1C(=O)N1CCN([C@H]2CCS(=O)(=O)C2)CC1. The number of sulfone groups is 1. The van der Waals surface area contributed by atoms with E-state index in [0.29, 0.717) is 30.1 Å². The van der Waals surface area contributed by atoms with Gasteiger partial charge in [-0.15, -0.1) is 0 Å². The zero-order chi connectivity index (χ0) is 18.3. The summed E-state index contributed by atoms with van der Waals surface area (Å²) in [6, 6.07) is 3.98. The van der Waals surface area contributed by atoms with E-state index >= 15 is 0 Å². The van der Waals surface area contributed by atoms with Gasteiger partial charge >= 0.3 is 0 Å². The molecule has 0 aliphatic carbocycles. The molecule has 9 heteroatoms. The van der Waals surface area contributed by atoms with E-state index in [9.17, 15) is 13.2 Å². The number of rotatable bonds is 3. The summed E-state index contributed by atoms with van der Waals surface area (Å²) in [4.78, 5) is 22.2. The van der Waals surface area contributed by atoms with E-state index < -0.39 is 9.84 Å². The van der Waals surface area contributed by atoms with E-state index in [1.807, 2.05) is 40.9 Å². The molecule has 2 fully saturated rings. The second-order valence-electron chi connectivity index (χ2n) is 6.89. The lowest BCUT2D eigenvalue weighted by Crippen LogP contribution is -2.52. The Morgan fingerprint density at radius 1 is 1.19 bits per heavy atom. The lowest BCUT2D eigenvalue weighted by atomic mass is 10.2. The van der Waals surface area contributed by atoms with E-state index in [0.717, 1.165) is 23.9 Å². The molecule has 2 saturated heterocycles. The van der Waals surface area contributed by atoms with Gasteiger partial charge in [-0.25, -0.2) is 13.4 Å². The van der Waals surface area contributed by atoms with Crippen LogP contribution in [0.2, 0.25) is 0 Å². The first kappa shape index (κ1) is 17.7. The normalized spacial score (nSPS) is 23.4. The molecule has 0 spiro atoms. The largest absolute Gasteiger partial charge is 0.335 e. The molecule has 0 unspecified atom stereocenters. The maximum absolute atomic E-state index is 12.9. The molecule has 0 aromatic carbocycles. The van der Waals surface area contributed by atoms with Gasteiger partial charge < -0.3 is 9.47 Å². The minimum atomic E-state index is -2.87. The van der Waals surface area contributed by atoms with Crippen LogP contribution >= 0.6 is 11.3 Å². The number of piperazine rings is 1. The van der Waals surface area contributed by atoms with E-state index in [1.165, 1.54) is 11.3 Å². The molecular weight excluding hydrogens is 372 g/mol. The van der Waals surface area contributed by atoms with Crippen LogP contribution in [0.25, 0.3) is 5.13 Å². The summed E-state index contributed by atoms with van der Waals surface area (Å²) in [6.07, 6.45) is 4.55. The van der Waals surface area contributed by atoms with Crippen LogP contribution in [0.15, 0.2) is 24.5 Å². The molecule has 7 nitrogen and oxygen atoms in total. The Bertz CT molecular complexity index is 897. The second kappa shape index (κ2) is 6.79. The Hall–Kier alpha value is -1.71. The summed E-state index contributed by atoms with van der Waals surface area (Å²) in [5.41, 5.74) is 0.757. The van der Waals surface area contributed by atoms with Crippen molar-refractivity contribution in [1.29, 1.82) is 0 Å². The zero-order valence-electron chi connectivity index (χ0n) is 14.7. The summed E-state index contributed by atoms with van der Waals surface area (Å²) in [7, 11) is -2.87. The van der Waals surface area contributed by atoms with Crippen LogP contribution in [0.5, 0.6) is 0 Å². The monoisotopic (exact) mass is 394 g/mol. The van der Waals surface area contributed by atoms with Crippen LogP contribution < -0.4 is 0 Å². The third kappa shape index (κ3) is 3.43. The second-order valence-corrected chi connectivity index (χ2v) is 10.1. The lowest BCUT2D eigenvalue weighted by molar-refractivity contribution is 0.0591. The third-order valence-electron chi connectivity index (χ3n) is 5.13. The van der Waals surface area contributed by atoms with Crippen LogP contribution in [0, 0.1) is 6.92 Å². The Kier molecular flexibility index (Phi) is 4.62. The molecule has 0 radical (unpaired) electrons. The predicted octanol–water partition coefficient (Wildman–Crippen LogP) is 1.19. The highest BCUT2D eigenvalue weighted by Gasteiger charge is 2.34. The van der Waals surface area contributed by atoms with Gasteiger partial charge in [-0.05, 0) is 25.5 Å². The first-order valence-electron chi connectivity index (χ1n) is 8.77. The Morgan fingerprint density at radius 3 is 2.50 bits per heavy atom. The van der Waals surface area contributed by atoms with Crippen LogP contribution in [-0.2, 0) is 9.84 Å². The van der Waals surface area contributed by atoms with Crippen LogP contribution in [0.1, 0.15) is 21.8 Å². The summed E-state index contributed by atoms with van der Waals surface area (Å²) >= 11 is 1.41. The number of thiazole rings is 1. The van der Waals surface area contributed by atoms with Gasteiger partial charge in [0.1, 0.15) is 4.88 Å². The summed E-state index contributed by atoms with van der Waals surface area (Å²) in [5, 5.41) is 0.797. The Morgan fingerprint density at radius 2 is 1.88 bits per heavy atom. The first-order chi connectivity index (χ1) is 12.4. The molecule has 2 aliphatic rings. The maximum Gasteiger partial charge on any atom is 0.266 e. The van der Waals surface area contributed by atoms with Gasteiger partial charge in [0.05, 0.1) is 17.2 Å². The van der Waals surface area contributed by atoms with Crippen molar-refractivity contribution >= 4 is 27.1 Å². The van der Waals surface area contributed by atoms with E-state index in [-0.39, 0.29) is 17.7 Å². The average molecular weight is 395 g/mol. The maximum atomic E-state index is 12.9. The van der Waals surface area contributed by atoms with E-state index in [2.05, 4.69) is 9.88 Å². The number of hydrogen-bond acceptors (Lipinski definition) is 6. The van der Waals surface area contributed by atoms with Crippen molar-refractivity contribution in [3.8, 4) is 5.13 Å². The molecule has 1 atom stereocenters. The summed E-state index contributed by atoms with van der Waals surface area (Å²) in [5.74, 6) is 0.575. The van der Waals surface area contributed by atoms with E-state index in [1.54, 1.807) is 0 Å². The van der Waals surface area contributed by atoms with Gasteiger partial charge in [0.15, 0.2) is 15.0 Å². The number of carbonyl (C=O) groups excluding carboxylic acids is 1. The molecule has 0 saturated carbocycles. The minimum Gasteiger partial charge on any atom is -0.335 e. The highest BCUT2D eigenvalue weighted by Crippen LogP contribution is 2.25. The van der Waals surface area contributed by atoms with Crippen molar-refractivity contribution in [2.45, 2.75) is 19.4 Å². The zero-order valence-corrected chi connectivity index (χ0v) is 16.3. The number of aryl methyl sites for hydroxylation is 1. The summed E-state index contributed by atoms with van der Waals surface area (Å²) in [6.45, 7) is 4.59. The van der Waals surface area contributed by atoms with Gasteiger partial charge in [0.25, 0.3) is 5.91 Å². The van der Waals surface area contributed by atoms with Gasteiger partial charge in [-0.1, -0.05) is 11.3 Å². The lowest BCUT2D eigenvalue weighted by Gasteiger charge is -2.37. The molecule has 0 bridgehead atoms. The Balaban J connectivity index is 1.41. The van der Waals surface area contributed by atoms with Crippen molar-refractivity contribution < 1.29 is 13.2 Å². The third-order valence-corrected chi connectivity index (χ3v) is 8.04. The smallest absolute Gasteiger partial charge is 0.266 e. The number of nitrogens with zero attached hydrogens (tertiary/aromatic N) is 4. The van der Waals surface area contributed by atoms with E-state index in [4.69, 9.17) is 0 Å². The van der Waals surface area contributed by atoms with Crippen LogP contribution in [0.4, 0.5) is 0 Å². The summed E-state index contributed by atoms with van der Waals surface area (Å²) < 4.78 is 25.3. The molecule has 140 valence electrons. The topological polar surface area (TPSA) is 75.5 Å². The fraction of sp³-hybridized carbons (Fsp3) is 0.529. The molecular formula is C17H22N4O3S2. The molecule has 26 heavy (non-hydrogen) atoms. The van der Waals surface area contributed by atoms with Gasteiger partial charge in [0.2, 0.25) is 0 Å². The molecule has 2 aromatic heterocycles. The molecule has 1 amide bonds. The fourth-order valence-electron chi connectivity index (χ4n) is 3.65. The highest BCUT2D eigenvalue weighted by molar-refractivity contribution is 7.91. The Labute approximate surface area is 157 Å². The molecule has 2 aromatic rings. The van der Waals surface area contributed by atoms with Crippen molar-refractivity contribution in [2.24, 2.45) is 0 Å². The van der Waals surface area contributed by atoms with Crippen molar-refractivity contribution in [1.82, 2.24) is 19.4 Å². The van der Waals surface area contributed by atoms with Crippen molar-refractivity contribution in [2.75, 3.05) is 37.7 Å². The number of aromatic nitrogens is 2. The average Bonchev–Trinajstić information content (AvgIpc) is 3.34. The molecule has 0 N–H and O–H groups in total. The van der Waals surface area contributed by atoms with Gasteiger partial charge in [-0.3, -0.25) is 9.69 Å². The molecule has 2 aliphatic heterocycles. The molecule has 4 heterocycles. The predicted molar refractivity (Wildman–Crippen MR) is 101 cm³/mol. The minimum absolute atomic E-state index is 0.0251. The van der Waals surface area contributed by atoms with Crippen molar-refractivity contribution in [3.05, 3.63) is 35.1 Å². The highest BCUT2D eigenvalue weighted by atomic mass is 32.2. The number of hydrogen-bond donors (Lipinski definition) is 0. The molecule has 4 rings (SSSR count). The van der Waals surface area contributed by atoms with Gasteiger partial charge in [-0.2, -0.15) is 0 Å².